The van der Waals surface area contributed by atoms with Gasteiger partial charge in [-0.2, -0.15) is 5.10 Å². The lowest BCUT2D eigenvalue weighted by atomic mass is 10.2. The minimum Gasteiger partial charge on any atom is -0.311 e. The second-order valence-corrected chi connectivity index (χ2v) is 7.54. The first-order chi connectivity index (χ1) is 10.1. The molecule has 0 saturated carbocycles. The number of hydrogen-bond acceptors (Lipinski definition) is 5. The van der Waals surface area contributed by atoms with Gasteiger partial charge in [0.2, 0.25) is 0 Å². The van der Waals surface area contributed by atoms with Gasteiger partial charge in [0.1, 0.15) is 0 Å². The monoisotopic (exact) mass is 307 g/mol. The van der Waals surface area contributed by atoms with Crippen LogP contribution in [-0.4, -0.2) is 42.3 Å². The van der Waals surface area contributed by atoms with Crippen molar-refractivity contribution in [2.45, 2.75) is 19.0 Å². The Morgan fingerprint density at radius 3 is 2.90 bits per heavy atom. The van der Waals surface area contributed by atoms with E-state index in [1.807, 2.05) is 18.2 Å². The van der Waals surface area contributed by atoms with Crippen LogP contribution in [0.4, 0.5) is 0 Å². The summed E-state index contributed by atoms with van der Waals surface area (Å²) in [6, 6.07) is 7.33. The molecule has 7 heteroatoms. The molecule has 21 heavy (non-hydrogen) atoms. The minimum absolute atomic E-state index is 0.00819. The number of aromatic nitrogens is 2. The van der Waals surface area contributed by atoms with Crippen LogP contribution in [0, 0.1) is 0 Å². The third-order valence-corrected chi connectivity index (χ3v) is 5.52. The molecule has 1 aromatic carbocycles. The van der Waals surface area contributed by atoms with Gasteiger partial charge in [0, 0.05) is 18.0 Å². The normalized spacial score (nSPS) is 20.9. The Morgan fingerprint density at radius 1 is 1.33 bits per heavy atom. The van der Waals surface area contributed by atoms with Crippen molar-refractivity contribution in [1.82, 2.24) is 15.1 Å². The van der Waals surface area contributed by atoms with Crippen molar-refractivity contribution in [3.63, 3.8) is 0 Å². The lowest BCUT2D eigenvalue weighted by Gasteiger charge is -2.11. The predicted octanol–water partition coefficient (Wildman–Crippen LogP) is 0.173. The fourth-order valence-electron chi connectivity index (χ4n) is 2.62. The molecule has 2 aromatic rings. The summed E-state index contributed by atoms with van der Waals surface area (Å²) in [7, 11) is -2.87. The first-order valence-corrected chi connectivity index (χ1v) is 8.76. The summed E-state index contributed by atoms with van der Waals surface area (Å²) in [5.41, 5.74) is -0.117. The smallest absolute Gasteiger partial charge is 0.274 e. The van der Waals surface area contributed by atoms with Crippen molar-refractivity contribution in [2.75, 3.05) is 18.1 Å². The lowest BCUT2D eigenvalue weighted by Crippen LogP contribution is -2.35. The maximum absolute atomic E-state index is 12.2. The molecule has 1 N–H and O–H groups in total. The maximum Gasteiger partial charge on any atom is 0.274 e. The van der Waals surface area contributed by atoms with Crippen LogP contribution in [-0.2, 0) is 16.4 Å². The van der Waals surface area contributed by atoms with E-state index in [2.05, 4.69) is 10.4 Å². The zero-order chi connectivity index (χ0) is 14.9. The van der Waals surface area contributed by atoms with Crippen molar-refractivity contribution in [1.29, 1.82) is 0 Å². The van der Waals surface area contributed by atoms with Gasteiger partial charge in [-0.25, -0.2) is 13.1 Å². The molecule has 0 radical (unpaired) electrons. The van der Waals surface area contributed by atoms with E-state index in [-0.39, 0.29) is 23.1 Å². The largest absolute Gasteiger partial charge is 0.311 e. The molecule has 3 rings (SSSR count). The molecule has 1 aromatic heterocycles. The van der Waals surface area contributed by atoms with Crippen LogP contribution in [0.15, 0.2) is 35.3 Å². The fraction of sp³-hybridized carbons (Fsp3) is 0.429. The summed E-state index contributed by atoms with van der Waals surface area (Å²) in [5.74, 6) is 0.436. The molecule has 0 bridgehead atoms. The molecule has 0 spiro atoms. The third kappa shape index (κ3) is 3.14. The number of rotatable bonds is 4. The molecule has 0 amide bonds. The van der Waals surface area contributed by atoms with E-state index in [9.17, 15) is 13.2 Å². The van der Waals surface area contributed by atoms with Crippen LogP contribution in [0.25, 0.3) is 10.8 Å². The highest BCUT2D eigenvalue weighted by atomic mass is 32.2. The van der Waals surface area contributed by atoms with Crippen LogP contribution < -0.4 is 10.9 Å². The van der Waals surface area contributed by atoms with E-state index in [4.69, 9.17) is 0 Å². The standard InChI is InChI=1S/C14H17N3O3S/c18-14-13-4-2-1-3-11(13)9-16-17(14)7-6-15-12-5-8-21(19,20)10-12/h1-4,9,12,15H,5-8,10H2. The van der Waals surface area contributed by atoms with E-state index in [0.717, 1.165) is 5.39 Å². The molecule has 1 saturated heterocycles. The maximum atomic E-state index is 12.2. The van der Waals surface area contributed by atoms with E-state index in [0.29, 0.717) is 24.9 Å². The number of fused-ring (bicyclic) bond motifs is 1. The molecule has 2 heterocycles. The molecule has 1 atom stereocenters. The topological polar surface area (TPSA) is 81.1 Å². The highest BCUT2D eigenvalue weighted by molar-refractivity contribution is 7.91. The van der Waals surface area contributed by atoms with Crippen molar-refractivity contribution in [2.24, 2.45) is 0 Å². The number of nitrogens with zero attached hydrogens (tertiary/aromatic N) is 2. The van der Waals surface area contributed by atoms with Gasteiger partial charge in [-0.1, -0.05) is 18.2 Å². The van der Waals surface area contributed by atoms with Crippen molar-refractivity contribution in [3.8, 4) is 0 Å². The average Bonchev–Trinajstić information content (AvgIpc) is 2.81. The zero-order valence-electron chi connectivity index (χ0n) is 11.5. The average molecular weight is 307 g/mol. The quantitative estimate of drug-likeness (QED) is 0.871. The molecule has 6 nitrogen and oxygen atoms in total. The lowest BCUT2D eigenvalue weighted by molar-refractivity contribution is 0.489. The Labute approximate surface area is 122 Å². The SMILES string of the molecule is O=c1c2ccccc2cnn1CCNC1CCS(=O)(=O)C1. The van der Waals surface area contributed by atoms with E-state index in [1.165, 1.54) is 4.68 Å². The zero-order valence-corrected chi connectivity index (χ0v) is 12.3. The van der Waals surface area contributed by atoms with Gasteiger partial charge in [-0.3, -0.25) is 4.79 Å². The van der Waals surface area contributed by atoms with Gasteiger partial charge in [0.05, 0.1) is 29.6 Å². The molecule has 112 valence electrons. The molecular formula is C14H17N3O3S. The third-order valence-electron chi connectivity index (χ3n) is 3.75. The first-order valence-electron chi connectivity index (χ1n) is 6.94. The number of hydrogen-bond donors (Lipinski definition) is 1. The summed E-state index contributed by atoms with van der Waals surface area (Å²) < 4.78 is 24.1. The second kappa shape index (κ2) is 5.57. The van der Waals surface area contributed by atoms with E-state index in [1.54, 1.807) is 12.3 Å². The molecule has 0 aliphatic carbocycles. The van der Waals surface area contributed by atoms with Crippen LogP contribution in [0.2, 0.25) is 0 Å². The van der Waals surface area contributed by atoms with Crippen molar-refractivity contribution in [3.05, 3.63) is 40.8 Å². The first kappa shape index (κ1) is 14.2. The van der Waals surface area contributed by atoms with Crippen LogP contribution in [0.3, 0.4) is 0 Å². The summed E-state index contributed by atoms with van der Waals surface area (Å²) >= 11 is 0. The van der Waals surface area contributed by atoms with Gasteiger partial charge in [-0.05, 0) is 12.5 Å². The fourth-order valence-corrected chi connectivity index (χ4v) is 4.33. The number of sulfone groups is 1. The summed E-state index contributed by atoms with van der Waals surface area (Å²) in [6.45, 7) is 0.964. The molecular weight excluding hydrogens is 290 g/mol. The Balaban J connectivity index is 1.66. The van der Waals surface area contributed by atoms with Crippen molar-refractivity contribution < 1.29 is 8.42 Å². The molecule has 1 aliphatic rings. The summed E-state index contributed by atoms with van der Waals surface area (Å²) in [5, 5.41) is 8.80. The van der Waals surface area contributed by atoms with Crippen LogP contribution in [0.5, 0.6) is 0 Å². The van der Waals surface area contributed by atoms with Crippen molar-refractivity contribution >= 4 is 20.6 Å². The Morgan fingerprint density at radius 2 is 2.14 bits per heavy atom. The van der Waals surface area contributed by atoms with Gasteiger partial charge in [-0.15, -0.1) is 0 Å². The van der Waals surface area contributed by atoms with Gasteiger partial charge in [0.25, 0.3) is 5.56 Å². The number of benzene rings is 1. The van der Waals surface area contributed by atoms with Crippen LogP contribution in [0.1, 0.15) is 6.42 Å². The second-order valence-electron chi connectivity index (χ2n) is 5.31. The Hall–Kier alpha value is -1.73. The molecule has 1 unspecified atom stereocenters. The summed E-state index contributed by atoms with van der Waals surface area (Å²) in [6.07, 6.45) is 2.32. The molecule has 1 aliphatic heterocycles. The Kier molecular flexibility index (Phi) is 3.77. The van der Waals surface area contributed by atoms with Gasteiger partial charge >= 0.3 is 0 Å². The van der Waals surface area contributed by atoms with Gasteiger partial charge in [0.15, 0.2) is 9.84 Å². The highest BCUT2D eigenvalue weighted by Crippen LogP contribution is 2.11. The van der Waals surface area contributed by atoms with E-state index < -0.39 is 9.84 Å². The summed E-state index contributed by atoms with van der Waals surface area (Å²) in [4.78, 5) is 12.2. The highest BCUT2D eigenvalue weighted by Gasteiger charge is 2.27. The molecule has 1 fully saturated rings. The van der Waals surface area contributed by atoms with Gasteiger partial charge < -0.3 is 5.32 Å². The Bertz CT molecular complexity index is 814. The van der Waals surface area contributed by atoms with Crippen LogP contribution >= 0.6 is 0 Å². The minimum atomic E-state index is -2.87. The number of nitrogens with one attached hydrogen (secondary N) is 1. The predicted molar refractivity (Wildman–Crippen MR) is 81.1 cm³/mol. The van der Waals surface area contributed by atoms with E-state index >= 15 is 0 Å².